The third kappa shape index (κ3) is 4.42. The molecular weight excluding hydrogens is 214 g/mol. The van der Waals surface area contributed by atoms with Crippen molar-refractivity contribution in [1.82, 2.24) is 5.48 Å². The molecule has 0 spiro atoms. The molecule has 1 aromatic heterocycles. The van der Waals surface area contributed by atoms with Crippen LogP contribution in [0.4, 0.5) is 0 Å². The Morgan fingerprint density at radius 1 is 1.67 bits per heavy atom. The maximum atomic E-state index is 10.6. The van der Waals surface area contributed by atoms with Gasteiger partial charge >= 0.3 is 5.97 Å². The number of hydrogen-bond donors (Lipinski definition) is 2. The summed E-state index contributed by atoms with van der Waals surface area (Å²) in [5.74, 6) is -0.406. The zero-order valence-electron chi connectivity index (χ0n) is 8.82. The molecule has 1 aromatic rings. The minimum Gasteiger partial charge on any atom is -0.478 e. The van der Waals surface area contributed by atoms with Gasteiger partial charge in [0.15, 0.2) is 0 Å². The number of hydrogen-bond acceptors (Lipinski definition) is 4. The summed E-state index contributed by atoms with van der Waals surface area (Å²) in [6.45, 7) is 5.33. The SMILES string of the molecule is CC(C)CONCc1cc(C(=O)O)cs1. The van der Waals surface area contributed by atoms with Gasteiger partial charge in [-0.1, -0.05) is 13.8 Å². The van der Waals surface area contributed by atoms with Crippen LogP contribution in [0.1, 0.15) is 29.1 Å². The Morgan fingerprint density at radius 3 is 2.93 bits per heavy atom. The number of nitrogens with one attached hydrogen (secondary N) is 1. The Bertz CT molecular complexity index is 322. The van der Waals surface area contributed by atoms with E-state index in [4.69, 9.17) is 9.94 Å². The lowest BCUT2D eigenvalue weighted by Gasteiger charge is -2.06. The highest BCUT2D eigenvalue weighted by Gasteiger charge is 2.05. The number of carboxylic acids is 1. The molecule has 5 heteroatoms. The number of aromatic carboxylic acids is 1. The molecule has 0 bridgehead atoms. The first-order valence-electron chi connectivity index (χ1n) is 4.75. The zero-order valence-corrected chi connectivity index (χ0v) is 9.63. The highest BCUT2D eigenvalue weighted by Crippen LogP contribution is 2.14. The van der Waals surface area contributed by atoms with Gasteiger partial charge in [-0.25, -0.2) is 4.79 Å². The van der Waals surface area contributed by atoms with Crippen molar-refractivity contribution in [3.05, 3.63) is 21.9 Å². The van der Waals surface area contributed by atoms with Crippen LogP contribution >= 0.6 is 11.3 Å². The van der Waals surface area contributed by atoms with Crippen LogP contribution in [0.25, 0.3) is 0 Å². The second-order valence-electron chi connectivity index (χ2n) is 3.63. The molecule has 0 atom stereocenters. The summed E-state index contributed by atoms with van der Waals surface area (Å²) in [5, 5.41) is 10.3. The molecule has 0 aromatic carbocycles. The van der Waals surface area contributed by atoms with Crippen LogP contribution < -0.4 is 5.48 Å². The molecule has 0 aliphatic carbocycles. The van der Waals surface area contributed by atoms with E-state index in [1.165, 1.54) is 11.3 Å². The van der Waals surface area contributed by atoms with Gasteiger partial charge in [-0.2, -0.15) is 5.48 Å². The predicted octanol–water partition coefficient (Wildman–Crippen LogP) is 2.12. The maximum Gasteiger partial charge on any atom is 0.336 e. The van der Waals surface area contributed by atoms with Gasteiger partial charge in [-0.15, -0.1) is 11.3 Å². The van der Waals surface area contributed by atoms with Crippen molar-refractivity contribution in [2.45, 2.75) is 20.4 Å². The highest BCUT2D eigenvalue weighted by atomic mass is 32.1. The molecule has 0 aliphatic heterocycles. The summed E-state index contributed by atoms with van der Waals surface area (Å²) in [4.78, 5) is 16.7. The van der Waals surface area contributed by atoms with Crippen molar-refractivity contribution in [2.75, 3.05) is 6.61 Å². The number of carbonyl (C=O) groups is 1. The van der Waals surface area contributed by atoms with E-state index in [0.717, 1.165) is 4.88 Å². The fourth-order valence-electron chi connectivity index (χ4n) is 0.933. The molecule has 0 unspecified atom stereocenters. The van der Waals surface area contributed by atoms with E-state index in [9.17, 15) is 4.79 Å². The minimum absolute atomic E-state index is 0.334. The molecule has 0 aliphatic rings. The van der Waals surface area contributed by atoms with Crippen LogP contribution in [0.3, 0.4) is 0 Å². The second kappa shape index (κ2) is 5.85. The standard InChI is InChI=1S/C10H15NO3S/c1-7(2)5-14-11-4-9-3-8(6-15-9)10(12)13/h3,6-7,11H,4-5H2,1-2H3,(H,12,13). The van der Waals surface area contributed by atoms with Crippen LogP contribution in [0.5, 0.6) is 0 Å². The molecule has 2 N–H and O–H groups in total. The highest BCUT2D eigenvalue weighted by molar-refractivity contribution is 7.10. The molecule has 84 valence electrons. The van der Waals surface area contributed by atoms with E-state index in [2.05, 4.69) is 19.3 Å². The van der Waals surface area contributed by atoms with Crippen molar-refractivity contribution in [3.8, 4) is 0 Å². The van der Waals surface area contributed by atoms with Crippen molar-refractivity contribution in [3.63, 3.8) is 0 Å². The quantitative estimate of drug-likeness (QED) is 0.579. The minimum atomic E-state index is -0.888. The Kier molecular flexibility index (Phi) is 4.74. The normalized spacial score (nSPS) is 10.9. The largest absolute Gasteiger partial charge is 0.478 e. The van der Waals surface area contributed by atoms with Crippen LogP contribution in [0, 0.1) is 5.92 Å². The molecular formula is C10H15NO3S. The van der Waals surface area contributed by atoms with Gasteiger partial charge in [0.1, 0.15) is 0 Å². The lowest BCUT2D eigenvalue weighted by atomic mass is 10.2. The average molecular weight is 229 g/mol. The van der Waals surface area contributed by atoms with Crippen molar-refractivity contribution in [1.29, 1.82) is 0 Å². The van der Waals surface area contributed by atoms with Gasteiger partial charge in [-0.05, 0) is 12.0 Å². The summed E-state index contributed by atoms with van der Waals surface area (Å²) in [6.07, 6.45) is 0. The van der Waals surface area contributed by atoms with Gasteiger partial charge in [0.05, 0.1) is 18.7 Å². The Labute approximate surface area is 92.8 Å². The van der Waals surface area contributed by atoms with Gasteiger partial charge in [0.2, 0.25) is 0 Å². The van der Waals surface area contributed by atoms with Gasteiger partial charge in [0, 0.05) is 10.3 Å². The molecule has 15 heavy (non-hydrogen) atoms. The third-order valence-electron chi connectivity index (χ3n) is 1.67. The lowest BCUT2D eigenvalue weighted by Crippen LogP contribution is -2.16. The molecule has 0 amide bonds. The molecule has 0 saturated carbocycles. The third-order valence-corrected chi connectivity index (χ3v) is 2.60. The Morgan fingerprint density at radius 2 is 2.40 bits per heavy atom. The zero-order chi connectivity index (χ0) is 11.3. The Balaban J connectivity index is 2.29. The number of thiophene rings is 1. The van der Waals surface area contributed by atoms with Gasteiger partial charge in [0.25, 0.3) is 0 Å². The van der Waals surface area contributed by atoms with Crippen LogP contribution in [-0.2, 0) is 11.4 Å². The van der Waals surface area contributed by atoms with Crippen molar-refractivity contribution < 1.29 is 14.7 Å². The van der Waals surface area contributed by atoms with Crippen LogP contribution in [0.2, 0.25) is 0 Å². The van der Waals surface area contributed by atoms with Crippen LogP contribution in [0.15, 0.2) is 11.4 Å². The Hall–Kier alpha value is -0.910. The van der Waals surface area contributed by atoms with E-state index in [0.29, 0.717) is 24.6 Å². The smallest absolute Gasteiger partial charge is 0.336 e. The molecule has 0 fully saturated rings. The monoisotopic (exact) mass is 229 g/mol. The van der Waals surface area contributed by atoms with E-state index in [1.54, 1.807) is 11.4 Å². The molecule has 1 heterocycles. The summed E-state index contributed by atoms with van der Waals surface area (Å²) in [6, 6.07) is 1.65. The van der Waals surface area contributed by atoms with Gasteiger partial charge in [-0.3, -0.25) is 0 Å². The fourth-order valence-corrected chi connectivity index (χ4v) is 1.72. The first-order chi connectivity index (χ1) is 7.09. The lowest BCUT2D eigenvalue weighted by molar-refractivity contribution is 0.0201. The van der Waals surface area contributed by atoms with Crippen molar-refractivity contribution >= 4 is 17.3 Å². The summed E-state index contributed by atoms with van der Waals surface area (Å²) < 4.78 is 0. The number of hydroxylamine groups is 1. The fraction of sp³-hybridized carbons (Fsp3) is 0.500. The summed E-state index contributed by atoms with van der Waals surface area (Å²) >= 11 is 1.41. The first kappa shape index (κ1) is 12.2. The van der Waals surface area contributed by atoms with Crippen LogP contribution in [-0.4, -0.2) is 17.7 Å². The number of rotatable bonds is 6. The average Bonchev–Trinajstić information content (AvgIpc) is 2.60. The molecule has 4 nitrogen and oxygen atoms in total. The van der Waals surface area contributed by atoms with E-state index >= 15 is 0 Å². The molecule has 1 rings (SSSR count). The second-order valence-corrected chi connectivity index (χ2v) is 4.63. The predicted molar refractivity (Wildman–Crippen MR) is 58.9 cm³/mol. The number of carboxylic acid groups (broad SMARTS) is 1. The molecule has 0 radical (unpaired) electrons. The van der Waals surface area contributed by atoms with Gasteiger partial charge < -0.3 is 9.94 Å². The van der Waals surface area contributed by atoms with E-state index in [-0.39, 0.29) is 0 Å². The summed E-state index contributed by atoms with van der Waals surface area (Å²) in [7, 11) is 0. The van der Waals surface area contributed by atoms with E-state index in [1.807, 2.05) is 0 Å². The topological polar surface area (TPSA) is 58.6 Å². The van der Waals surface area contributed by atoms with Crippen molar-refractivity contribution in [2.24, 2.45) is 5.92 Å². The maximum absolute atomic E-state index is 10.6. The summed E-state index contributed by atoms with van der Waals surface area (Å²) in [5.41, 5.74) is 3.14. The molecule has 0 saturated heterocycles. The van der Waals surface area contributed by atoms with E-state index < -0.39 is 5.97 Å². The first-order valence-corrected chi connectivity index (χ1v) is 5.63.